The van der Waals surface area contributed by atoms with Crippen molar-refractivity contribution in [3.63, 3.8) is 0 Å². The van der Waals surface area contributed by atoms with Crippen LogP contribution < -0.4 is 9.47 Å². The average molecular weight is 466 g/mol. The van der Waals surface area contributed by atoms with Gasteiger partial charge in [0.25, 0.3) is 11.8 Å². The number of hydrogen-bond donors (Lipinski definition) is 0. The third-order valence-corrected chi connectivity index (χ3v) is 6.11. The van der Waals surface area contributed by atoms with Gasteiger partial charge in [0.15, 0.2) is 11.5 Å². The van der Waals surface area contributed by atoms with Gasteiger partial charge in [-0.2, -0.15) is 10.1 Å². The van der Waals surface area contributed by atoms with Crippen molar-refractivity contribution < 1.29 is 19.1 Å². The Morgan fingerprint density at radius 1 is 1.23 bits per heavy atom. The first-order valence-electron chi connectivity index (χ1n) is 8.65. The third-order valence-electron chi connectivity index (χ3n) is 5.31. The number of hydrazone groups is 1. The molecule has 26 heavy (non-hydrogen) atoms. The molecule has 1 aromatic rings. The molecule has 1 heterocycles. The van der Waals surface area contributed by atoms with Crippen molar-refractivity contribution in [2.45, 2.75) is 13.3 Å². The summed E-state index contributed by atoms with van der Waals surface area (Å²) in [6.45, 7) is 2.41. The van der Waals surface area contributed by atoms with E-state index in [0.717, 1.165) is 20.6 Å². The summed E-state index contributed by atoms with van der Waals surface area (Å²) in [5, 5.41) is 5.27. The van der Waals surface area contributed by atoms with Gasteiger partial charge in [0, 0.05) is 0 Å². The predicted octanol–water partition coefficient (Wildman–Crippen LogP) is 2.84. The number of halogens is 1. The molecule has 136 valence electrons. The zero-order valence-corrected chi connectivity index (χ0v) is 16.7. The molecular weight excluding hydrogens is 447 g/mol. The van der Waals surface area contributed by atoms with Crippen molar-refractivity contribution in [2.24, 2.45) is 28.8 Å². The van der Waals surface area contributed by atoms with E-state index in [1.165, 1.54) is 6.21 Å². The molecule has 0 aromatic heterocycles. The Kier molecular flexibility index (Phi) is 4.50. The Bertz CT molecular complexity index is 805. The molecule has 0 N–H and O–H groups in total. The van der Waals surface area contributed by atoms with E-state index in [-0.39, 0.29) is 35.5 Å². The van der Waals surface area contributed by atoms with E-state index in [4.69, 9.17) is 9.47 Å². The fourth-order valence-electron chi connectivity index (χ4n) is 4.25. The SMILES string of the molecule is CCOc1cc(C=NN2C(=O)[C@@H]3[C@H](C2=O)[C@H]2C=C[C@H]3C2)cc(I)c1OC. The molecule has 1 aromatic carbocycles. The van der Waals surface area contributed by atoms with Gasteiger partial charge in [-0.25, -0.2) is 0 Å². The molecule has 6 nitrogen and oxygen atoms in total. The first-order valence-corrected chi connectivity index (χ1v) is 9.73. The fraction of sp³-hybridized carbons (Fsp3) is 0.421. The minimum absolute atomic E-state index is 0.179. The largest absolute Gasteiger partial charge is 0.492 e. The topological polar surface area (TPSA) is 68.2 Å². The summed E-state index contributed by atoms with van der Waals surface area (Å²) in [5.74, 6) is 0.829. The quantitative estimate of drug-likeness (QED) is 0.290. The number of ether oxygens (including phenoxy) is 2. The van der Waals surface area contributed by atoms with E-state index in [0.29, 0.717) is 18.1 Å². The molecule has 0 spiro atoms. The van der Waals surface area contributed by atoms with Crippen LogP contribution in [0.25, 0.3) is 0 Å². The second kappa shape index (κ2) is 6.68. The number of rotatable bonds is 5. The van der Waals surface area contributed by atoms with E-state index >= 15 is 0 Å². The predicted molar refractivity (Wildman–Crippen MR) is 104 cm³/mol. The van der Waals surface area contributed by atoms with Crippen molar-refractivity contribution in [3.05, 3.63) is 33.4 Å². The van der Waals surface area contributed by atoms with Crippen molar-refractivity contribution in [1.29, 1.82) is 0 Å². The molecule has 4 rings (SSSR count). The summed E-state index contributed by atoms with van der Waals surface area (Å²) in [5.41, 5.74) is 0.748. The normalized spacial score (nSPS) is 29.1. The van der Waals surface area contributed by atoms with Gasteiger partial charge in [-0.15, -0.1) is 0 Å². The van der Waals surface area contributed by atoms with Crippen LogP contribution in [0.2, 0.25) is 0 Å². The van der Waals surface area contributed by atoms with Crippen LogP contribution in [-0.4, -0.2) is 36.8 Å². The second-order valence-electron chi connectivity index (χ2n) is 6.70. The van der Waals surface area contributed by atoms with Crippen LogP contribution in [0, 0.1) is 27.2 Å². The molecule has 7 heteroatoms. The Morgan fingerprint density at radius 2 is 1.88 bits per heavy atom. The van der Waals surface area contributed by atoms with Crippen LogP contribution in [-0.2, 0) is 9.59 Å². The molecule has 1 aliphatic heterocycles. The summed E-state index contributed by atoms with van der Waals surface area (Å²) in [4.78, 5) is 25.3. The molecule has 0 unspecified atom stereocenters. The van der Waals surface area contributed by atoms with Gasteiger partial charge < -0.3 is 9.47 Å². The van der Waals surface area contributed by atoms with Gasteiger partial charge in [0.1, 0.15) is 0 Å². The number of nitrogens with zero attached hydrogens (tertiary/aromatic N) is 2. The van der Waals surface area contributed by atoms with Crippen molar-refractivity contribution in [3.8, 4) is 11.5 Å². The summed E-state index contributed by atoms with van der Waals surface area (Å²) in [6, 6.07) is 3.67. The molecule has 1 saturated carbocycles. The van der Waals surface area contributed by atoms with E-state index in [2.05, 4.69) is 39.8 Å². The smallest absolute Gasteiger partial charge is 0.254 e. The number of imide groups is 1. The van der Waals surface area contributed by atoms with Gasteiger partial charge in [0.2, 0.25) is 0 Å². The van der Waals surface area contributed by atoms with Crippen molar-refractivity contribution in [1.82, 2.24) is 5.01 Å². The molecular formula is C19H19IN2O4. The lowest BCUT2D eigenvalue weighted by atomic mass is 9.85. The number of fused-ring (bicyclic) bond motifs is 5. The maximum atomic E-state index is 12.7. The summed E-state index contributed by atoms with van der Waals surface area (Å²) in [6.07, 6.45) is 6.60. The monoisotopic (exact) mass is 466 g/mol. The summed E-state index contributed by atoms with van der Waals surface area (Å²) >= 11 is 2.16. The van der Waals surface area contributed by atoms with Gasteiger partial charge in [-0.1, -0.05) is 12.2 Å². The Morgan fingerprint density at radius 3 is 2.46 bits per heavy atom. The highest BCUT2D eigenvalue weighted by molar-refractivity contribution is 14.1. The first kappa shape index (κ1) is 17.5. The average Bonchev–Trinajstić information content (AvgIpc) is 3.28. The highest BCUT2D eigenvalue weighted by Gasteiger charge is 2.59. The van der Waals surface area contributed by atoms with Crippen molar-refractivity contribution in [2.75, 3.05) is 13.7 Å². The Balaban J connectivity index is 1.59. The number of hydrogen-bond acceptors (Lipinski definition) is 5. The van der Waals surface area contributed by atoms with Crippen LogP contribution >= 0.6 is 22.6 Å². The number of allylic oxidation sites excluding steroid dienone is 2. The van der Waals surface area contributed by atoms with E-state index in [9.17, 15) is 9.59 Å². The second-order valence-corrected chi connectivity index (χ2v) is 7.86. The lowest BCUT2D eigenvalue weighted by Crippen LogP contribution is -2.28. The third kappa shape index (κ3) is 2.64. The molecule has 2 bridgehead atoms. The molecule has 2 fully saturated rings. The summed E-state index contributed by atoms with van der Waals surface area (Å²) < 4.78 is 11.9. The maximum Gasteiger partial charge on any atom is 0.254 e. The van der Waals surface area contributed by atoms with E-state index < -0.39 is 0 Å². The Hall–Kier alpha value is -1.90. The minimum atomic E-state index is -0.232. The van der Waals surface area contributed by atoms with Crippen LogP contribution in [0.15, 0.2) is 29.4 Å². The zero-order chi connectivity index (χ0) is 18.4. The lowest BCUT2D eigenvalue weighted by molar-refractivity contribution is -0.140. The first-order chi connectivity index (χ1) is 12.5. The van der Waals surface area contributed by atoms with Gasteiger partial charge >= 0.3 is 0 Å². The highest BCUT2D eigenvalue weighted by Crippen LogP contribution is 2.52. The fourth-order valence-corrected chi connectivity index (χ4v) is 5.09. The van der Waals surface area contributed by atoms with Gasteiger partial charge in [0.05, 0.1) is 35.3 Å². The molecule has 4 atom stereocenters. The number of carbonyl (C=O) groups is 2. The van der Waals surface area contributed by atoms with Crippen LogP contribution in [0.3, 0.4) is 0 Å². The number of methoxy groups -OCH3 is 1. The lowest BCUT2D eigenvalue weighted by Gasteiger charge is -2.13. The zero-order valence-electron chi connectivity index (χ0n) is 14.5. The Labute approximate surface area is 165 Å². The van der Waals surface area contributed by atoms with Crippen LogP contribution in [0.5, 0.6) is 11.5 Å². The van der Waals surface area contributed by atoms with E-state index in [1.807, 2.05) is 13.0 Å². The number of amides is 2. The molecule has 2 aliphatic carbocycles. The van der Waals surface area contributed by atoms with Gasteiger partial charge in [-0.3, -0.25) is 9.59 Å². The molecule has 0 radical (unpaired) electrons. The molecule has 1 saturated heterocycles. The highest BCUT2D eigenvalue weighted by atomic mass is 127. The maximum absolute atomic E-state index is 12.7. The van der Waals surface area contributed by atoms with E-state index in [1.54, 1.807) is 13.2 Å². The minimum Gasteiger partial charge on any atom is -0.492 e. The van der Waals surface area contributed by atoms with Crippen LogP contribution in [0.4, 0.5) is 0 Å². The number of benzene rings is 1. The van der Waals surface area contributed by atoms with Gasteiger partial charge in [-0.05, 0) is 65.5 Å². The summed E-state index contributed by atoms with van der Waals surface area (Å²) in [7, 11) is 1.59. The molecule has 3 aliphatic rings. The van der Waals surface area contributed by atoms with Crippen LogP contribution in [0.1, 0.15) is 18.9 Å². The van der Waals surface area contributed by atoms with Crippen molar-refractivity contribution >= 4 is 40.6 Å². The number of carbonyl (C=O) groups excluding carboxylic acids is 2. The standard InChI is InChI=1S/C19H19IN2O4/c1-3-26-14-7-10(6-13(20)17(14)25-2)9-21-22-18(23)15-11-4-5-12(8-11)16(15)19(22)24/h4-7,9,11-12,15-16H,3,8H2,1-2H3/t11-,12-,15-,16+/m0/s1. The molecule has 2 amide bonds.